The summed E-state index contributed by atoms with van der Waals surface area (Å²) in [5.74, 6) is -0.117. The molecular weight excluding hydrogens is 238 g/mol. The number of aromatic nitrogens is 2. The average Bonchev–Trinajstić information content (AvgIpc) is 2.82. The Morgan fingerprint density at radius 3 is 2.95 bits per heavy atom. The summed E-state index contributed by atoms with van der Waals surface area (Å²) in [5.41, 5.74) is 2.48. The second kappa shape index (κ2) is 4.72. The number of pyridine rings is 1. The molecule has 2 N–H and O–H groups in total. The fraction of sp³-hybridized carbons (Fsp3) is 0.200. The first-order valence-corrected chi connectivity index (χ1v) is 6.44. The SMILES string of the molecule is CCCNC(=O)c1cc2c(cn1)[nH]c1ccccc12. The molecule has 0 aliphatic rings. The van der Waals surface area contributed by atoms with Crippen LogP contribution in [0.5, 0.6) is 0 Å². The molecule has 0 atom stereocenters. The van der Waals surface area contributed by atoms with Gasteiger partial charge >= 0.3 is 0 Å². The first-order valence-electron chi connectivity index (χ1n) is 6.44. The Balaban J connectivity index is 2.09. The largest absolute Gasteiger partial charge is 0.353 e. The Morgan fingerprint density at radius 2 is 2.11 bits per heavy atom. The van der Waals surface area contributed by atoms with E-state index in [1.807, 2.05) is 37.3 Å². The van der Waals surface area contributed by atoms with Gasteiger partial charge in [-0.25, -0.2) is 4.98 Å². The van der Waals surface area contributed by atoms with Gasteiger partial charge in [-0.15, -0.1) is 0 Å². The second-order valence-electron chi connectivity index (χ2n) is 4.54. The summed E-state index contributed by atoms with van der Waals surface area (Å²) in [5, 5.41) is 4.99. The van der Waals surface area contributed by atoms with Gasteiger partial charge in [-0.05, 0) is 18.6 Å². The number of carbonyl (C=O) groups excluding carboxylic acids is 1. The molecule has 1 aromatic carbocycles. The van der Waals surface area contributed by atoms with Crippen molar-refractivity contribution in [3.05, 3.63) is 42.2 Å². The van der Waals surface area contributed by atoms with Crippen molar-refractivity contribution in [3.63, 3.8) is 0 Å². The van der Waals surface area contributed by atoms with Crippen LogP contribution in [-0.2, 0) is 0 Å². The minimum Gasteiger partial charge on any atom is -0.353 e. The van der Waals surface area contributed by atoms with Crippen molar-refractivity contribution in [2.45, 2.75) is 13.3 Å². The maximum Gasteiger partial charge on any atom is 0.269 e. The topological polar surface area (TPSA) is 57.8 Å². The van der Waals surface area contributed by atoms with Crippen LogP contribution >= 0.6 is 0 Å². The molecular formula is C15H15N3O. The molecule has 0 radical (unpaired) electrons. The van der Waals surface area contributed by atoms with Crippen LogP contribution in [0.2, 0.25) is 0 Å². The summed E-state index contributed by atoms with van der Waals surface area (Å²) >= 11 is 0. The van der Waals surface area contributed by atoms with Crippen molar-refractivity contribution in [1.82, 2.24) is 15.3 Å². The normalized spacial score (nSPS) is 11.0. The number of nitrogens with zero attached hydrogens (tertiary/aromatic N) is 1. The van der Waals surface area contributed by atoms with E-state index >= 15 is 0 Å². The molecule has 0 saturated heterocycles. The van der Waals surface area contributed by atoms with Crippen LogP contribution in [0.4, 0.5) is 0 Å². The van der Waals surface area contributed by atoms with Gasteiger partial charge in [0.25, 0.3) is 5.91 Å². The molecule has 0 spiro atoms. The number of para-hydroxylation sites is 1. The number of hydrogen-bond donors (Lipinski definition) is 2. The van der Waals surface area contributed by atoms with Gasteiger partial charge in [-0.3, -0.25) is 4.79 Å². The molecule has 0 saturated carbocycles. The molecule has 0 bridgehead atoms. The number of rotatable bonds is 3. The zero-order valence-electron chi connectivity index (χ0n) is 10.7. The van der Waals surface area contributed by atoms with Crippen molar-refractivity contribution in [3.8, 4) is 0 Å². The molecule has 1 amide bonds. The quantitative estimate of drug-likeness (QED) is 0.754. The lowest BCUT2D eigenvalue weighted by atomic mass is 10.1. The molecule has 96 valence electrons. The van der Waals surface area contributed by atoms with Crippen molar-refractivity contribution in [2.24, 2.45) is 0 Å². The third-order valence-corrected chi connectivity index (χ3v) is 3.16. The fourth-order valence-electron chi connectivity index (χ4n) is 2.20. The maximum atomic E-state index is 11.9. The van der Waals surface area contributed by atoms with Crippen molar-refractivity contribution in [2.75, 3.05) is 6.54 Å². The van der Waals surface area contributed by atoms with E-state index in [-0.39, 0.29) is 5.91 Å². The molecule has 0 unspecified atom stereocenters. The lowest BCUT2D eigenvalue weighted by Crippen LogP contribution is -2.24. The van der Waals surface area contributed by atoms with Crippen molar-refractivity contribution < 1.29 is 4.79 Å². The van der Waals surface area contributed by atoms with Gasteiger partial charge in [-0.1, -0.05) is 25.1 Å². The number of fused-ring (bicyclic) bond motifs is 3. The monoisotopic (exact) mass is 253 g/mol. The Bertz CT molecular complexity index is 745. The van der Waals surface area contributed by atoms with Crippen LogP contribution in [0, 0.1) is 0 Å². The highest BCUT2D eigenvalue weighted by atomic mass is 16.1. The van der Waals surface area contributed by atoms with Crippen LogP contribution in [0.25, 0.3) is 21.8 Å². The number of benzene rings is 1. The standard InChI is InChI=1S/C15H15N3O/c1-2-7-16-15(19)13-8-11-10-5-3-4-6-12(10)18-14(11)9-17-13/h3-6,8-9,18H,2,7H2,1H3,(H,16,19). The van der Waals surface area contributed by atoms with E-state index in [0.29, 0.717) is 12.2 Å². The molecule has 3 rings (SSSR count). The van der Waals surface area contributed by atoms with E-state index in [0.717, 1.165) is 28.2 Å². The summed E-state index contributed by atoms with van der Waals surface area (Å²) < 4.78 is 0. The van der Waals surface area contributed by atoms with Gasteiger partial charge in [0.1, 0.15) is 5.69 Å². The van der Waals surface area contributed by atoms with Gasteiger partial charge in [0.15, 0.2) is 0 Å². The second-order valence-corrected chi connectivity index (χ2v) is 4.54. The molecule has 0 aliphatic heterocycles. The number of amides is 1. The molecule has 2 heterocycles. The summed E-state index contributed by atoms with van der Waals surface area (Å²) in [7, 11) is 0. The lowest BCUT2D eigenvalue weighted by molar-refractivity contribution is 0.0949. The predicted molar refractivity (Wildman–Crippen MR) is 76.2 cm³/mol. The molecule has 0 aliphatic carbocycles. The van der Waals surface area contributed by atoms with E-state index in [1.165, 1.54) is 0 Å². The van der Waals surface area contributed by atoms with Gasteiger partial charge in [-0.2, -0.15) is 0 Å². The first kappa shape index (κ1) is 11.7. The van der Waals surface area contributed by atoms with E-state index < -0.39 is 0 Å². The molecule has 3 aromatic rings. The molecule has 4 heteroatoms. The Kier molecular flexibility index (Phi) is 2.91. The van der Waals surface area contributed by atoms with Crippen LogP contribution in [0.15, 0.2) is 36.5 Å². The van der Waals surface area contributed by atoms with E-state index in [4.69, 9.17) is 0 Å². The van der Waals surface area contributed by atoms with Gasteiger partial charge in [0.05, 0.1) is 11.7 Å². The zero-order chi connectivity index (χ0) is 13.2. The molecule has 4 nitrogen and oxygen atoms in total. The lowest BCUT2D eigenvalue weighted by Gasteiger charge is -2.02. The van der Waals surface area contributed by atoms with Crippen LogP contribution in [0.1, 0.15) is 23.8 Å². The van der Waals surface area contributed by atoms with Crippen LogP contribution in [0.3, 0.4) is 0 Å². The van der Waals surface area contributed by atoms with Crippen LogP contribution < -0.4 is 5.32 Å². The molecule has 0 fully saturated rings. The first-order chi connectivity index (χ1) is 9.29. The highest BCUT2D eigenvalue weighted by molar-refractivity contribution is 6.09. The minimum absolute atomic E-state index is 0.117. The predicted octanol–water partition coefficient (Wildman–Crippen LogP) is 2.86. The minimum atomic E-state index is -0.117. The highest BCUT2D eigenvalue weighted by Gasteiger charge is 2.10. The number of hydrogen-bond acceptors (Lipinski definition) is 2. The van der Waals surface area contributed by atoms with Crippen molar-refractivity contribution in [1.29, 1.82) is 0 Å². The fourth-order valence-corrected chi connectivity index (χ4v) is 2.20. The maximum absolute atomic E-state index is 11.9. The van der Waals surface area contributed by atoms with E-state index in [2.05, 4.69) is 15.3 Å². The zero-order valence-corrected chi connectivity index (χ0v) is 10.7. The Morgan fingerprint density at radius 1 is 1.26 bits per heavy atom. The Labute approximate surface area is 110 Å². The van der Waals surface area contributed by atoms with Gasteiger partial charge in [0, 0.05) is 22.8 Å². The third-order valence-electron chi connectivity index (χ3n) is 3.16. The summed E-state index contributed by atoms with van der Waals surface area (Å²) in [6, 6.07) is 9.89. The number of H-pyrrole nitrogens is 1. The summed E-state index contributed by atoms with van der Waals surface area (Å²) in [6.45, 7) is 2.70. The smallest absolute Gasteiger partial charge is 0.269 e. The third kappa shape index (κ3) is 2.05. The Hall–Kier alpha value is -2.36. The average molecular weight is 253 g/mol. The van der Waals surface area contributed by atoms with Gasteiger partial charge < -0.3 is 10.3 Å². The van der Waals surface area contributed by atoms with Gasteiger partial charge in [0.2, 0.25) is 0 Å². The summed E-state index contributed by atoms with van der Waals surface area (Å²) in [6.07, 6.45) is 2.64. The molecule has 2 aromatic heterocycles. The van der Waals surface area contributed by atoms with Crippen LogP contribution in [-0.4, -0.2) is 22.4 Å². The summed E-state index contributed by atoms with van der Waals surface area (Å²) in [4.78, 5) is 19.4. The molecule has 19 heavy (non-hydrogen) atoms. The van der Waals surface area contributed by atoms with Crippen molar-refractivity contribution >= 4 is 27.7 Å². The number of carbonyl (C=O) groups is 1. The number of nitrogens with one attached hydrogen (secondary N) is 2. The van der Waals surface area contributed by atoms with E-state index in [9.17, 15) is 4.79 Å². The highest BCUT2D eigenvalue weighted by Crippen LogP contribution is 2.24. The van der Waals surface area contributed by atoms with E-state index in [1.54, 1.807) is 6.20 Å². The number of aromatic amines is 1.